The molecule has 1 aromatic carbocycles. The zero-order chi connectivity index (χ0) is 22.4. The van der Waals surface area contributed by atoms with Crippen molar-refractivity contribution in [3.63, 3.8) is 0 Å². The van der Waals surface area contributed by atoms with Crippen LogP contribution >= 0.6 is 0 Å². The van der Waals surface area contributed by atoms with Crippen molar-refractivity contribution in [3.8, 4) is 0 Å². The molecule has 0 saturated heterocycles. The molecule has 2 saturated carbocycles. The smallest absolute Gasteiger partial charge is 0.257 e. The van der Waals surface area contributed by atoms with Crippen molar-refractivity contribution in [1.82, 2.24) is 9.62 Å². The molecule has 31 heavy (non-hydrogen) atoms. The van der Waals surface area contributed by atoms with Crippen molar-refractivity contribution < 1.29 is 18.0 Å². The van der Waals surface area contributed by atoms with Gasteiger partial charge >= 0.3 is 0 Å². The van der Waals surface area contributed by atoms with E-state index in [1.807, 2.05) is 24.8 Å². The van der Waals surface area contributed by atoms with E-state index in [2.05, 4.69) is 4.72 Å². The van der Waals surface area contributed by atoms with Crippen LogP contribution in [0.3, 0.4) is 0 Å². The van der Waals surface area contributed by atoms with Gasteiger partial charge in [0.05, 0.1) is 5.41 Å². The van der Waals surface area contributed by atoms with E-state index in [0.29, 0.717) is 17.9 Å². The molecule has 1 aromatic rings. The maximum atomic E-state index is 13.5. The predicted molar refractivity (Wildman–Crippen MR) is 122 cm³/mol. The highest BCUT2D eigenvalue weighted by Gasteiger charge is 2.40. The summed E-state index contributed by atoms with van der Waals surface area (Å²) in [5, 5.41) is 0.986. The first-order valence-corrected chi connectivity index (χ1v) is 12.9. The van der Waals surface area contributed by atoms with E-state index in [1.54, 1.807) is 24.3 Å². The molecule has 0 aliphatic heterocycles. The number of hydrogen-bond donors (Lipinski definition) is 1. The molecule has 2 fully saturated rings. The number of carbonyl (C=O) groups excluding carboxylic acids is 2. The van der Waals surface area contributed by atoms with Crippen LogP contribution in [0.25, 0.3) is 6.08 Å². The average Bonchev–Trinajstić information content (AvgIpc) is 3.56. The number of benzene rings is 1. The van der Waals surface area contributed by atoms with Gasteiger partial charge in [-0.25, -0.2) is 13.1 Å². The molecule has 1 atom stereocenters. The van der Waals surface area contributed by atoms with E-state index >= 15 is 0 Å². The number of sulfonamides is 1. The molecular formula is C24H34N2O4S. The lowest BCUT2D eigenvalue weighted by Crippen LogP contribution is -2.52. The summed E-state index contributed by atoms with van der Waals surface area (Å²) in [7, 11) is -3.99. The quantitative estimate of drug-likeness (QED) is 0.579. The number of hydrogen-bond acceptors (Lipinski definition) is 4. The Morgan fingerprint density at radius 1 is 1.06 bits per heavy atom. The van der Waals surface area contributed by atoms with Crippen LogP contribution < -0.4 is 4.72 Å². The Hall–Kier alpha value is -2.15. The fourth-order valence-corrected chi connectivity index (χ4v) is 5.21. The number of amides is 2. The van der Waals surface area contributed by atoms with Gasteiger partial charge in [-0.15, -0.1) is 0 Å². The molecule has 0 bridgehead atoms. The van der Waals surface area contributed by atoms with Crippen molar-refractivity contribution in [3.05, 3.63) is 41.3 Å². The van der Waals surface area contributed by atoms with Crippen LogP contribution in [-0.2, 0) is 19.6 Å². The van der Waals surface area contributed by atoms with Crippen LogP contribution in [0.4, 0.5) is 0 Å². The Kier molecular flexibility index (Phi) is 7.92. The van der Waals surface area contributed by atoms with Gasteiger partial charge in [0, 0.05) is 12.1 Å². The summed E-state index contributed by atoms with van der Waals surface area (Å²) in [6, 6.07) is 9.11. The molecule has 0 spiro atoms. The predicted octanol–water partition coefficient (Wildman–Crippen LogP) is 4.09. The highest BCUT2D eigenvalue weighted by Crippen LogP contribution is 2.37. The Morgan fingerprint density at radius 3 is 2.29 bits per heavy atom. The van der Waals surface area contributed by atoms with E-state index in [4.69, 9.17) is 0 Å². The number of nitrogens with one attached hydrogen (secondary N) is 1. The second kappa shape index (κ2) is 10.4. The van der Waals surface area contributed by atoms with E-state index in [-0.39, 0.29) is 18.0 Å². The molecule has 1 unspecified atom stereocenters. The Labute approximate surface area is 186 Å². The minimum Gasteiger partial charge on any atom is -0.337 e. The van der Waals surface area contributed by atoms with Crippen LogP contribution in [0, 0.1) is 11.8 Å². The van der Waals surface area contributed by atoms with Crippen molar-refractivity contribution >= 4 is 27.9 Å². The fraction of sp³-hybridized carbons (Fsp3) is 0.583. The summed E-state index contributed by atoms with van der Waals surface area (Å²) >= 11 is 0. The van der Waals surface area contributed by atoms with Gasteiger partial charge in [0.2, 0.25) is 11.8 Å². The van der Waals surface area contributed by atoms with Crippen LogP contribution in [0.1, 0.15) is 70.8 Å². The topological polar surface area (TPSA) is 83.6 Å². The van der Waals surface area contributed by atoms with Gasteiger partial charge in [-0.3, -0.25) is 9.59 Å². The molecule has 170 valence electrons. The lowest BCUT2D eigenvalue weighted by molar-refractivity contribution is -0.146. The molecule has 6 nitrogen and oxygen atoms in total. The first kappa shape index (κ1) is 23.5. The second-order valence-corrected chi connectivity index (χ2v) is 10.7. The van der Waals surface area contributed by atoms with Crippen molar-refractivity contribution in [2.24, 2.45) is 11.8 Å². The van der Waals surface area contributed by atoms with Crippen LogP contribution in [0.15, 0.2) is 35.7 Å². The van der Waals surface area contributed by atoms with Gasteiger partial charge < -0.3 is 4.90 Å². The van der Waals surface area contributed by atoms with Crippen molar-refractivity contribution in [2.45, 2.75) is 77.3 Å². The average molecular weight is 447 g/mol. The van der Waals surface area contributed by atoms with Gasteiger partial charge in [0.25, 0.3) is 10.0 Å². The zero-order valence-corrected chi connectivity index (χ0v) is 19.3. The van der Waals surface area contributed by atoms with Gasteiger partial charge in [-0.05, 0) is 50.7 Å². The van der Waals surface area contributed by atoms with Crippen molar-refractivity contribution in [2.75, 3.05) is 0 Å². The van der Waals surface area contributed by atoms with E-state index < -0.39 is 21.8 Å². The lowest BCUT2D eigenvalue weighted by atomic mass is 9.91. The van der Waals surface area contributed by atoms with E-state index in [1.165, 1.54) is 12.5 Å². The van der Waals surface area contributed by atoms with Crippen LogP contribution in [-0.4, -0.2) is 37.2 Å². The van der Waals surface area contributed by atoms with Gasteiger partial charge in [-0.1, -0.05) is 62.4 Å². The van der Waals surface area contributed by atoms with Crippen LogP contribution in [0.5, 0.6) is 0 Å². The first-order chi connectivity index (χ1) is 14.8. The first-order valence-electron chi connectivity index (χ1n) is 11.4. The molecule has 2 aliphatic carbocycles. The third-order valence-electron chi connectivity index (χ3n) is 6.14. The number of rotatable bonds is 9. The molecule has 3 rings (SSSR count). The maximum absolute atomic E-state index is 13.5. The maximum Gasteiger partial charge on any atom is 0.257 e. The summed E-state index contributed by atoms with van der Waals surface area (Å²) in [5.74, 6) is -1.58. The normalized spacial score (nSPS) is 18.8. The van der Waals surface area contributed by atoms with E-state index in [0.717, 1.165) is 43.9 Å². The lowest BCUT2D eigenvalue weighted by Gasteiger charge is -2.39. The van der Waals surface area contributed by atoms with E-state index in [9.17, 15) is 18.0 Å². The molecule has 2 amide bonds. The number of nitrogens with zero attached hydrogens (tertiary/aromatic N) is 1. The molecule has 7 heteroatoms. The standard InChI is InChI=1S/C24H34N2O4S/c1-18(2)26(21-11-7-4-8-12-21)24(28)22(17-20-13-14-20)23(27)25-31(29,30)16-15-19-9-5-3-6-10-19/h3,5-6,9-10,15-16,18,20-22H,4,7-8,11-14,17H2,1-2H3,(H,25,27)/b16-15+. The minimum absolute atomic E-state index is 0.0281. The summed E-state index contributed by atoms with van der Waals surface area (Å²) in [6.45, 7) is 3.94. The van der Waals surface area contributed by atoms with Gasteiger partial charge in [0.15, 0.2) is 0 Å². The molecule has 0 heterocycles. The summed E-state index contributed by atoms with van der Waals surface area (Å²) in [4.78, 5) is 28.4. The molecular weight excluding hydrogens is 412 g/mol. The number of carbonyl (C=O) groups is 2. The Bertz CT molecular complexity index is 885. The van der Waals surface area contributed by atoms with Crippen molar-refractivity contribution in [1.29, 1.82) is 0 Å². The van der Waals surface area contributed by atoms with Crippen LogP contribution in [0.2, 0.25) is 0 Å². The summed E-state index contributed by atoms with van der Waals surface area (Å²) in [6.07, 6.45) is 9.06. The van der Waals surface area contributed by atoms with Gasteiger partial charge in [-0.2, -0.15) is 0 Å². The largest absolute Gasteiger partial charge is 0.337 e. The second-order valence-electron chi connectivity index (χ2n) is 9.09. The molecule has 1 N–H and O–H groups in total. The highest BCUT2D eigenvalue weighted by atomic mass is 32.2. The Morgan fingerprint density at radius 2 is 1.71 bits per heavy atom. The zero-order valence-electron chi connectivity index (χ0n) is 18.5. The summed E-state index contributed by atoms with van der Waals surface area (Å²) in [5.41, 5.74) is 0.717. The SMILES string of the molecule is CC(C)N(C(=O)C(CC1CC1)C(=O)NS(=O)(=O)/C=C/c1ccccc1)C1CCCCC1. The molecule has 0 radical (unpaired) electrons. The summed E-state index contributed by atoms with van der Waals surface area (Å²) < 4.78 is 27.1. The van der Waals surface area contributed by atoms with Gasteiger partial charge in [0.1, 0.15) is 5.92 Å². The third-order valence-corrected chi connectivity index (χ3v) is 7.12. The molecule has 0 aromatic heterocycles. The highest BCUT2D eigenvalue weighted by molar-refractivity contribution is 7.93. The Balaban J connectivity index is 1.74. The minimum atomic E-state index is -3.99. The third kappa shape index (κ3) is 6.92. The fourth-order valence-electron chi connectivity index (χ4n) is 4.38. The monoisotopic (exact) mass is 446 g/mol. The molecule has 2 aliphatic rings.